The predicted octanol–water partition coefficient (Wildman–Crippen LogP) is 13.3. The molecule has 0 amide bonds. The fourth-order valence-corrected chi connectivity index (χ4v) is 7.46. The lowest BCUT2D eigenvalue weighted by atomic mass is 9.83. The molecule has 0 heterocycles. The minimum atomic E-state index is 0.531. The van der Waals surface area contributed by atoms with Gasteiger partial charge in [0.15, 0.2) is 5.71 Å². The largest absolute Gasteiger partial charge is 0.372 e. The van der Waals surface area contributed by atoms with Gasteiger partial charge >= 0.3 is 0 Å². The molecule has 3 rings (SSSR count). The summed E-state index contributed by atoms with van der Waals surface area (Å²) in [7, 11) is 0. The number of rotatable bonds is 24. The van der Waals surface area contributed by atoms with Crippen LogP contribution in [0, 0.1) is 0 Å². The molecule has 0 saturated carbocycles. The van der Waals surface area contributed by atoms with Crippen molar-refractivity contribution >= 4 is 17.0 Å². The maximum atomic E-state index is 2.45. The lowest BCUT2D eigenvalue weighted by Crippen LogP contribution is -2.21. The summed E-state index contributed by atoms with van der Waals surface area (Å²) in [6, 6.07) is 18.5. The first-order chi connectivity index (χ1) is 23.6. The molecule has 48 heavy (non-hydrogen) atoms. The molecule has 1 unspecified atom stereocenters. The predicted molar refractivity (Wildman–Crippen MR) is 215 cm³/mol. The fraction of sp³-hybridized carbons (Fsp3) is 0.587. The van der Waals surface area contributed by atoms with Crippen LogP contribution in [0.1, 0.15) is 167 Å². The summed E-state index contributed by atoms with van der Waals surface area (Å²) < 4.78 is 2.43. The van der Waals surface area contributed by atoms with Gasteiger partial charge in [0.25, 0.3) is 0 Å². The van der Waals surface area contributed by atoms with Gasteiger partial charge in [-0.25, -0.2) is 4.58 Å². The van der Waals surface area contributed by atoms with E-state index in [4.69, 9.17) is 0 Å². The van der Waals surface area contributed by atoms with E-state index in [2.05, 4.69) is 124 Å². The molecule has 0 N–H and O–H groups in total. The van der Waals surface area contributed by atoms with E-state index in [1.807, 2.05) is 0 Å². The first-order valence-corrected chi connectivity index (χ1v) is 20.2. The fourth-order valence-electron chi connectivity index (χ4n) is 7.46. The normalized spacial score (nSPS) is 13.3. The lowest BCUT2D eigenvalue weighted by Gasteiger charge is -2.23. The Morgan fingerprint density at radius 2 is 1.08 bits per heavy atom. The molecule has 1 atom stereocenters. The second-order valence-electron chi connectivity index (χ2n) is 14.0. The minimum absolute atomic E-state index is 0.531. The van der Waals surface area contributed by atoms with E-state index in [0.29, 0.717) is 5.92 Å². The summed E-state index contributed by atoms with van der Waals surface area (Å²) >= 11 is 0. The Balaban J connectivity index is 1.63. The van der Waals surface area contributed by atoms with E-state index >= 15 is 0 Å². The van der Waals surface area contributed by atoms with Crippen molar-refractivity contribution in [1.82, 2.24) is 0 Å². The maximum Gasteiger partial charge on any atom is 0.199 e. The molecule has 0 bridgehead atoms. The Hall–Kier alpha value is -2.87. The molecule has 0 radical (unpaired) electrons. The summed E-state index contributed by atoms with van der Waals surface area (Å²) in [6.07, 6.45) is 31.8. The molecular formula is C46H71N2+. The first-order valence-electron chi connectivity index (χ1n) is 20.2. The number of hydrogen-bond acceptors (Lipinski definition) is 1. The molecule has 0 saturated heterocycles. The van der Waals surface area contributed by atoms with Gasteiger partial charge in [-0.3, -0.25) is 0 Å². The Bertz CT molecular complexity index is 1260. The van der Waals surface area contributed by atoms with E-state index in [0.717, 1.165) is 26.2 Å². The molecule has 1 aliphatic carbocycles. The van der Waals surface area contributed by atoms with Crippen molar-refractivity contribution in [2.75, 3.05) is 31.1 Å². The molecule has 2 heteroatoms. The number of benzene rings is 2. The third kappa shape index (κ3) is 12.9. The van der Waals surface area contributed by atoms with Crippen LogP contribution in [0.2, 0.25) is 0 Å². The number of allylic oxidation sites excluding steroid dienone is 5. The first kappa shape index (κ1) is 39.6. The van der Waals surface area contributed by atoms with Crippen LogP contribution in [0.4, 0.5) is 5.69 Å². The monoisotopic (exact) mass is 652 g/mol. The number of anilines is 1. The Labute approximate surface area is 297 Å². The van der Waals surface area contributed by atoms with Crippen LogP contribution < -0.4 is 4.90 Å². The van der Waals surface area contributed by atoms with Crippen LogP contribution in [0.15, 0.2) is 78.4 Å². The topological polar surface area (TPSA) is 6.25 Å². The Morgan fingerprint density at radius 3 is 1.58 bits per heavy atom. The third-order valence-electron chi connectivity index (χ3n) is 10.6. The van der Waals surface area contributed by atoms with Crippen LogP contribution in [0.25, 0.3) is 5.57 Å². The summed E-state index contributed by atoms with van der Waals surface area (Å²) in [5.41, 5.74) is 9.42. The molecule has 0 aromatic heterocycles. The highest BCUT2D eigenvalue weighted by Gasteiger charge is 2.19. The molecule has 0 spiro atoms. The van der Waals surface area contributed by atoms with Crippen molar-refractivity contribution in [2.24, 2.45) is 0 Å². The zero-order chi connectivity index (χ0) is 34.4. The van der Waals surface area contributed by atoms with Crippen LogP contribution in [-0.4, -0.2) is 36.5 Å². The van der Waals surface area contributed by atoms with Gasteiger partial charge in [-0.1, -0.05) is 147 Å². The van der Waals surface area contributed by atoms with Gasteiger partial charge in [0, 0.05) is 30.9 Å². The van der Waals surface area contributed by atoms with Gasteiger partial charge in [-0.2, -0.15) is 0 Å². The summed E-state index contributed by atoms with van der Waals surface area (Å²) in [4.78, 5) is 2.43. The van der Waals surface area contributed by atoms with Gasteiger partial charge in [-0.15, -0.1) is 0 Å². The number of hydrogen-bond donors (Lipinski definition) is 0. The van der Waals surface area contributed by atoms with Crippen LogP contribution >= 0.6 is 0 Å². The van der Waals surface area contributed by atoms with Crippen molar-refractivity contribution in [1.29, 1.82) is 0 Å². The zero-order valence-corrected chi connectivity index (χ0v) is 32.0. The smallest absolute Gasteiger partial charge is 0.199 e. The van der Waals surface area contributed by atoms with Gasteiger partial charge in [0.1, 0.15) is 13.1 Å². The van der Waals surface area contributed by atoms with Crippen molar-refractivity contribution < 1.29 is 4.58 Å². The van der Waals surface area contributed by atoms with Gasteiger partial charge in [0.05, 0.1) is 0 Å². The maximum absolute atomic E-state index is 2.45. The van der Waals surface area contributed by atoms with Crippen molar-refractivity contribution in [3.63, 3.8) is 0 Å². The number of nitrogens with zero attached hydrogens (tertiary/aromatic N) is 2. The number of unbranched alkanes of at least 4 members (excludes halogenated alkanes) is 14. The van der Waals surface area contributed by atoms with Crippen LogP contribution in [0.5, 0.6) is 0 Å². The summed E-state index contributed by atoms with van der Waals surface area (Å²) in [5, 5.41) is 0. The van der Waals surface area contributed by atoms with Crippen molar-refractivity contribution in [2.45, 2.75) is 150 Å². The van der Waals surface area contributed by atoms with E-state index in [1.54, 1.807) is 0 Å². The van der Waals surface area contributed by atoms with E-state index in [9.17, 15) is 0 Å². The van der Waals surface area contributed by atoms with Crippen molar-refractivity contribution in [3.8, 4) is 0 Å². The quantitative estimate of drug-likeness (QED) is 0.0808. The molecule has 1 aliphatic rings. The molecule has 0 fully saturated rings. The third-order valence-corrected chi connectivity index (χ3v) is 10.6. The molecule has 2 aromatic carbocycles. The SMILES string of the molecule is CCCCCCCCCCCCCCCCCC(C)c1ccccc1C(=C1C=CC(=[N+](CC)CC)C=C1)c1ccc(N(CC)CC)cc1. The Morgan fingerprint density at radius 1 is 0.583 bits per heavy atom. The van der Waals surface area contributed by atoms with E-state index < -0.39 is 0 Å². The highest BCUT2D eigenvalue weighted by Crippen LogP contribution is 2.37. The molecule has 2 nitrogen and oxygen atoms in total. The lowest BCUT2D eigenvalue weighted by molar-refractivity contribution is -0.519. The van der Waals surface area contributed by atoms with Gasteiger partial charge in [0.2, 0.25) is 0 Å². The van der Waals surface area contributed by atoms with Crippen LogP contribution in [-0.2, 0) is 0 Å². The Kier molecular flexibility index (Phi) is 19.4. The average Bonchev–Trinajstić information content (AvgIpc) is 3.12. The second-order valence-corrected chi connectivity index (χ2v) is 14.0. The average molecular weight is 652 g/mol. The standard InChI is InChI=1S/C46H71N2/c1-7-12-13-14-15-16-17-18-19-20-21-22-23-24-25-28-39(6)44-29-26-27-30-45(44)46(40-31-35-42(36-32-40)47(8-2)9-3)41-33-37-43(38-34-41)48(10-4)11-5/h26-27,29-39H,7-25,28H2,1-6H3/q+1. The highest BCUT2D eigenvalue weighted by molar-refractivity contribution is 6.04. The molecule has 264 valence electrons. The van der Waals surface area contributed by atoms with Gasteiger partial charge < -0.3 is 4.90 Å². The molecular weight excluding hydrogens is 581 g/mol. The molecule has 2 aromatic rings. The van der Waals surface area contributed by atoms with E-state index in [1.165, 1.54) is 142 Å². The van der Waals surface area contributed by atoms with Gasteiger partial charge in [-0.05, 0) is 92.2 Å². The molecule has 0 aliphatic heterocycles. The van der Waals surface area contributed by atoms with E-state index in [-0.39, 0.29) is 0 Å². The summed E-state index contributed by atoms with van der Waals surface area (Å²) in [5.74, 6) is 0.531. The second kappa shape index (κ2) is 23.5. The highest BCUT2D eigenvalue weighted by atomic mass is 15.1. The minimum Gasteiger partial charge on any atom is -0.372 e. The summed E-state index contributed by atoms with van der Waals surface area (Å²) in [6.45, 7) is 17.8. The van der Waals surface area contributed by atoms with Crippen molar-refractivity contribution in [3.05, 3.63) is 95.1 Å². The zero-order valence-electron chi connectivity index (χ0n) is 32.0. The van der Waals surface area contributed by atoms with Crippen LogP contribution in [0.3, 0.4) is 0 Å².